The molecule has 0 spiro atoms. The van der Waals surface area contributed by atoms with Crippen LogP contribution in [0.5, 0.6) is 5.75 Å². The van der Waals surface area contributed by atoms with Crippen molar-refractivity contribution in [2.24, 2.45) is 0 Å². The molecule has 3 aromatic carbocycles. The molecule has 0 aliphatic heterocycles. The van der Waals surface area contributed by atoms with E-state index in [1.807, 2.05) is 36.4 Å². The number of benzene rings is 3. The lowest BCUT2D eigenvalue weighted by molar-refractivity contribution is -0.140. The van der Waals surface area contributed by atoms with Crippen LogP contribution in [-0.2, 0) is 16.2 Å². The van der Waals surface area contributed by atoms with Crippen molar-refractivity contribution >= 4 is 44.5 Å². The fraction of sp³-hybridized carbons (Fsp3) is 0.160. The molecule has 36 heavy (non-hydrogen) atoms. The van der Waals surface area contributed by atoms with Crippen LogP contribution < -0.4 is 10.1 Å². The molecule has 0 bridgehead atoms. The number of rotatable bonds is 10. The first kappa shape index (κ1) is 24.9. The summed E-state index contributed by atoms with van der Waals surface area (Å²) in [5.74, 6) is -2.34. The highest BCUT2D eigenvalue weighted by Gasteiger charge is 2.21. The van der Waals surface area contributed by atoms with E-state index in [0.717, 1.165) is 15.2 Å². The van der Waals surface area contributed by atoms with Gasteiger partial charge in [0.25, 0.3) is 5.91 Å². The van der Waals surface area contributed by atoms with Crippen molar-refractivity contribution in [1.82, 2.24) is 20.3 Å². The number of amides is 1. The largest absolute Gasteiger partial charge is 0.487 e. The smallest absolute Gasteiger partial charge is 0.326 e. The third-order valence-electron chi connectivity index (χ3n) is 5.35. The molecular weight excluding hydrogens is 532 g/mol. The van der Waals surface area contributed by atoms with Crippen molar-refractivity contribution < 1.29 is 29.3 Å². The zero-order valence-corrected chi connectivity index (χ0v) is 20.4. The van der Waals surface area contributed by atoms with Gasteiger partial charge in [-0.25, -0.2) is 9.48 Å². The Labute approximate surface area is 213 Å². The Bertz CT molecular complexity index is 1420. The molecule has 1 heterocycles. The van der Waals surface area contributed by atoms with Gasteiger partial charge in [0, 0.05) is 16.5 Å². The minimum Gasteiger partial charge on any atom is -0.487 e. The number of hydrogen-bond donors (Lipinski definition) is 3. The highest BCUT2D eigenvalue weighted by Crippen LogP contribution is 2.24. The van der Waals surface area contributed by atoms with Gasteiger partial charge < -0.3 is 20.3 Å². The van der Waals surface area contributed by atoms with Crippen LogP contribution in [0.1, 0.15) is 28.9 Å². The minimum absolute atomic E-state index is 0.213. The molecule has 0 saturated carbocycles. The first-order chi connectivity index (χ1) is 17.3. The second-order valence-corrected chi connectivity index (χ2v) is 8.86. The molecule has 184 valence electrons. The van der Waals surface area contributed by atoms with Gasteiger partial charge in [0.2, 0.25) is 0 Å². The van der Waals surface area contributed by atoms with Gasteiger partial charge in [0.05, 0.1) is 11.9 Å². The number of carboxylic acid groups (broad SMARTS) is 2. The van der Waals surface area contributed by atoms with Crippen LogP contribution in [-0.4, -0.2) is 49.1 Å². The summed E-state index contributed by atoms with van der Waals surface area (Å²) in [6.07, 6.45) is 1.13. The minimum atomic E-state index is -1.30. The molecule has 0 unspecified atom stereocenters. The quantitative estimate of drug-likeness (QED) is 0.269. The van der Waals surface area contributed by atoms with Crippen molar-refractivity contribution in [3.05, 3.63) is 82.6 Å². The Morgan fingerprint density at radius 3 is 2.44 bits per heavy atom. The number of aliphatic carboxylic acids is 2. The fourth-order valence-electron chi connectivity index (χ4n) is 3.46. The molecule has 4 rings (SSSR count). The van der Waals surface area contributed by atoms with Crippen LogP contribution in [0, 0.1) is 0 Å². The Morgan fingerprint density at radius 2 is 1.72 bits per heavy atom. The first-order valence-corrected chi connectivity index (χ1v) is 11.7. The van der Waals surface area contributed by atoms with Crippen LogP contribution in [0.3, 0.4) is 0 Å². The molecule has 0 aliphatic carbocycles. The van der Waals surface area contributed by atoms with Gasteiger partial charge in [0.1, 0.15) is 24.1 Å². The lowest BCUT2D eigenvalue weighted by Crippen LogP contribution is -2.41. The van der Waals surface area contributed by atoms with Gasteiger partial charge in [-0.1, -0.05) is 33.3 Å². The van der Waals surface area contributed by atoms with Gasteiger partial charge in [-0.2, -0.15) is 0 Å². The molecule has 1 aromatic heterocycles. The Balaban J connectivity index is 1.37. The third kappa shape index (κ3) is 6.25. The summed E-state index contributed by atoms with van der Waals surface area (Å²) >= 11 is 3.46. The second-order valence-electron chi connectivity index (χ2n) is 7.94. The molecule has 1 atom stereocenters. The summed E-state index contributed by atoms with van der Waals surface area (Å²) in [6, 6.07) is 16.9. The maximum absolute atomic E-state index is 12.4. The fourth-order valence-corrected chi connectivity index (χ4v) is 3.84. The molecule has 0 radical (unpaired) electrons. The average Bonchev–Trinajstić information content (AvgIpc) is 3.34. The van der Waals surface area contributed by atoms with Gasteiger partial charge in [-0.3, -0.25) is 9.59 Å². The van der Waals surface area contributed by atoms with Crippen molar-refractivity contribution in [2.75, 3.05) is 0 Å². The van der Waals surface area contributed by atoms with E-state index in [4.69, 9.17) is 9.84 Å². The topological polar surface area (TPSA) is 144 Å². The highest BCUT2D eigenvalue weighted by molar-refractivity contribution is 9.10. The summed E-state index contributed by atoms with van der Waals surface area (Å²) in [7, 11) is 0. The monoisotopic (exact) mass is 552 g/mol. The van der Waals surface area contributed by atoms with E-state index in [9.17, 15) is 19.5 Å². The average molecular weight is 553 g/mol. The van der Waals surface area contributed by atoms with Crippen LogP contribution in [0.25, 0.3) is 16.5 Å². The van der Waals surface area contributed by atoms with Crippen LogP contribution >= 0.6 is 15.9 Å². The molecule has 4 aromatic rings. The Kier molecular flexibility index (Phi) is 7.59. The number of aromatic nitrogens is 3. The summed E-state index contributed by atoms with van der Waals surface area (Å²) in [6.45, 7) is 0.218. The Morgan fingerprint density at radius 1 is 1.00 bits per heavy atom. The number of nitrogens with zero attached hydrogens (tertiary/aromatic N) is 3. The second kappa shape index (κ2) is 11.0. The van der Waals surface area contributed by atoms with Crippen LogP contribution in [0.4, 0.5) is 0 Å². The summed E-state index contributed by atoms with van der Waals surface area (Å²) in [5.41, 5.74) is 1.48. The van der Waals surface area contributed by atoms with Crippen molar-refractivity contribution in [3.8, 4) is 11.4 Å². The predicted octanol–water partition coefficient (Wildman–Crippen LogP) is 3.81. The number of carboxylic acids is 2. The number of halogens is 1. The third-order valence-corrected chi connectivity index (χ3v) is 5.84. The Hall–Kier alpha value is -4.25. The van der Waals surface area contributed by atoms with Crippen molar-refractivity contribution in [1.29, 1.82) is 0 Å². The summed E-state index contributed by atoms with van der Waals surface area (Å²) < 4.78 is 8.40. The molecule has 0 saturated heterocycles. The summed E-state index contributed by atoms with van der Waals surface area (Å²) in [4.78, 5) is 34.4. The van der Waals surface area contributed by atoms with E-state index < -0.39 is 23.9 Å². The zero-order valence-electron chi connectivity index (χ0n) is 18.8. The SMILES string of the molecule is O=C(O)CC[C@H](NC(=O)c1ccc(-n2cc(COc3ccc4cc(Br)ccc4c3)nn2)cc1)C(=O)O. The predicted molar refractivity (Wildman–Crippen MR) is 133 cm³/mol. The van der Waals surface area contributed by atoms with E-state index >= 15 is 0 Å². The van der Waals surface area contributed by atoms with Gasteiger partial charge >= 0.3 is 11.9 Å². The van der Waals surface area contributed by atoms with E-state index in [0.29, 0.717) is 17.1 Å². The van der Waals surface area contributed by atoms with E-state index in [-0.39, 0.29) is 25.0 Å². The molecule has 0 fully saturated rings. The number of ether oxygens (including phenoxy) is 1. The van der Waals surface area contributed by atoms with Crippen LogP contribution in [0.2, 0.25) is 0 Å². The van der Waals surface area contributed by atoms with E-state index in [1.54, 1.807) is 18.3 Å². The molecule has 1 amide bonds. The molecule has 3 N–H and O–H groups in total. The lowest BCUT2D eigenvalue weighted by atomic mass is 10.1. The highest BCUT2D eigenvalue weighted by atomic mass is 79.9. The number of carbonyl (C=O) groups is 3. The molecule has 10 nitrogen and oxygen atoms in total. The standard InChI is InChI=1S/C25H21BrN4O6/c26-18-5-1-17-12-21(8-4-16(17)11-18)36-14-19-13-30(29-28-19)20-6-2-15(3-7-20)24(33)27-22(25(34)35)9-10-23(31)32/h1-8,11-13,22H,9-10,14H2,(H,27,33)(H,31,32)(H,34,35)/t22-/m0/s1. The van der Waals surface area contributed by atoms with Crippen LogP contribution in [0.15, 0.2) is 71.3 Å². The maximum atomic E-state index is 12.4. The van der Waals surface area contributed by atoms with Gasteiger partial charge in [0.15, 0.2) is 0 Å². The van der Waals surface area contributed by atoms with E-state index in [2.05, 4.69) is 31.6 Å². The normalized spacial score (nSPS) is 11.7. The van der Waals surface area contributed by atoms with Crippen molar-refractivity contribution in [2.45, 2.75) is 25.5 Å². The number of hydrogen-bond acceptors (Lipinski definition) is 6. The molecule has 0 aliphatic rings. The number of nitrogens with one attached hydrogen (secondary N) is 1. The maximum Gasteiger partial charge on any atom is 0.326 e. The molecule has 11 heteroatoms. The zero-order chi connectivity index (χ0) is 25.7. The van der Waals surface area contributed by atoms with Gasteiger partial charge in [-0.05, 0) is 65.7 Å². The van der Waals surface area contributed by atoms with Crippen molar-refractivity contribution in [3.63, 3.8) is 0 Å². The lowest BCUT2D eigenvalue weighted by Gasteiger charge is -2.13. The molecular formula is C25H21BrN4O6. The number of fused-ring (bicyclic) bond motifs is 1. The summed E-state index contributed by atoms with van der Waals surface area (Å²) in [5, 5.41) is 30.7. The first-order valence-electron chi connectivity index (χ1n) is 10.9. The number of carbonyl (C=O) groups excluding carboxylic acids is 1. The van der Waals surface area contributed by atoms with E-state index in [1.165, 1.54) is 16.8 Å². The van der Waals surface area contributed by atoms with Gasteiger partial charge in [-0.15, -0.1) is 5.10 Å².